The third kappa shape index (κ3) is 1.96. The lowest BCUT2D eigenvalue weighted by atomic mass is 10.0. The molecule has 1 N–H and O–H groups in total. The molecule has 2 aliphatic heterocycles. The number of fused-ring (bicyclic) bond motifs is 1. The first-order valence-electron chi connectivity index (χ1n) is 5.89. The number of alkyl halides is 1. The Kier molecular flexibility index (Phi) is 3.13. The number of hydrogen-bond acceptors (Lipinski definition) is 4. The molecule has 96 valence electrons. The summed E-state index contributed by atoms with van der Waals surface area (Å²) >= 11 is 3.55. The molecule has 0 spiro atoms. The SMILES string of the molecule is O=C1C[C@H]2O[C@@H]([C@H](Br)c3ccccc3)[C@H](O)[C@H]2O1. The maximum atomic E-state index is 11.1. The van der Waals surface area contributed by atoms with Crippen LogP contribution in [0.2, 0.25) is 0 Å². The van der Waals surface area contributed by atoms with Crippen LogP contribution >= 0.6 is 15.9 Å². The highest BCUT2D eigenvalue weighted by Gasteiger charge is 2.52. The number of halogens is 1. The summed E-state index contributed by atoms with van der Waals surface area (Å²) in [5, 5.41) is 10.2. The van der Waals surface area contributed by atoms with Gasteiger partial charge in [0, 0.05) is 0 Å². The molecular formula is C13H13BrO4. The third-order valence-corrected chi connectivity index (χ3v) is 4.46. The van der Waals surface area contributed by atoms with Crippen molar-refractivity contribution in [2.24, 2.45) is 0 Å². The molecule has 2 aliphatic rings. The molecule has 3 rings (SSSR count). The molecule has 1 aromatic carbocycles. The molecule has 0 aromatic heterocycles. The van der Waals surface area contributed by atoms with Crippen LogP contribution in [0.25, 0.3) is 0 Å². The lowest BCUT2D eigenvalue weighted by Crippen LogP contribution is -2.34. The Morgan fingerprint density at radius 1 is 1.33 bits per heavy atom. The zero-order valence-corrected chi connectivity index (χ0v) is 11.1. The second kappa shape index (κ2) is 4.64. The summed E-state index contributed by atoms with van der Waals surface area (Å²) in [4.78, 5) is 11.0. The lowest BCUT2D eigenvalue weighted by molar-refractivity contribution is -0.145. The van der Waals surface area contributed by atoms with E-state index >= 15 is 0 Å². The maximum Gasteiger partial charge on any atom is 0.309 e. The van der Waals surface area contributed by atoms with E-state index in [0.717, 1.165) is 5.56 Å². The van der Waals surface area contributed by atoms with Crippen LogP contribution in [0.4, 0.5) is 0 Å². The van der Waals surface area contributed by atoms with Gasteiger partial charge in [-0.3, -0.25) is 4.79 Å². The molecule has 5 atom stereocenters. The normalized spacial score (nSPS) is 36.2. The van der Waals surface area contributed by atoms with E-state index in [1.165, 1.54) is 0 Å². The highest BCUT2D eigenvalue weighted by molar-refractivity contribution is 9.09. The number of carbonyl (C=O) groups is 1. The molecule has 2 fully saturated rings. The van der Waals surface area contributed by atoms with Gasteiger partial charge in [0.05, 0.1) is 11.2 Å². The van der Waals surface area contributed by atoms with Crippen molar-refractivity contribution in [1.29, 1.82) is 0 Å². The molecule has 0 radical (unpaired) electrons. The van der Waals surface area contributed by atoms with Crippen molar-refractivity contribution >= 4 is 21.9 Å². The molecule has 1 aromatic rings. The fraction of sp³-hybridized carbons (Fsp3) is 0.462. The van der Waals surface area contributed by atoms with E-state index in [4.69, 9.17) is 9.47 Å². The summed E-state index contributed by atoms with van der Waals surface area (Å²) in [6.07, 6.45) is -1.79. The van der Waals surface area contributed by atoms with Crippen molar-refractivity contribution in [2.45, 2.75) is 35.7 Å². The first kappa shape index (κ1) is 12.1. The molecule has 18 heavy (non-hydrogen) atoms. The largest absolute Gasteiger partial charge is 0.457 e. The van der Waals surface area contributed by atoms with Crippen molar-refractivity contribution in [3.8, 4) is 0 Å². The fourth-order valence-electron chi connectivity index (χ4n) is 2.51. The van der Waals surface area contributed by atoms with E-state index in [1.807, 2.05) is 30.3 Å². The van der Waals surface area contributed by atoms with Crippen LogP contribution in [0.1, 0.15) is 16.8 Å². The van der Waals surface area contributed by atoms with Crippen molar-refractivity contribution < 1.29 is 19.4 Å². The van der Waals surface area contributed by atoms with Crippen LogP contribution in [-0.2, 0) is 14.3 Å². The molecule has 0 amide bonds. The lowest BCUT2D eigenvalue weighted by Gasteiger charge is -2.22. The first-order valence-corrected chi connectivity index (χ1v) is 6.80. The minimum Gasteiger partial charge on any atom is -0.457 e. The number of ether oxygens (including phenoxy) is 2. The topological polar surface area (TPSA) is 55.8 Å². The molecule has 0 unspecified atom stereocenters. The molecule has 2 saturated heterocycles. The van der Waals surface area contributed by atoms with Crippen molar-refractivity contribution in [3.05, 3.63) is 35.9 Å². The van der Waals surface area contributed by atoms with E-state index in [-0.39, 0.29) is 23.3 Å². The van der Waals surface area contributed by atoms with Crippen LogP contribution in [-0.4, -0.2) is 35.5 Å². The average molecular weight is 313 g/mol. The molecule has 4 nitrogen and oxygen atoms in total. The Balaban J connectivity index is 1.77. The number of rotatable bonds is 2. The predicted molar refractivity (Wildman–Crippen MR) is 67.3 cm³/mol. The summed E-state index contributed by atoms with van der Waals surface area (Å²) < 4.78 is 10.8. The zero-order chi connectivity index (χ0) is 12.7. The zero-order valence-electron chi connectivity index (χ0n) is 9.53. The molecule has 0 saturated carbocycles. The molecule has 2 heterocycles. The van der Waals surface area contributed by atoms with Gasteiger partial charge >= 0.3 is 5.97 Å². The van der Waals surface area contributed by atoms with Gasteiger partial charge < -0.3 is 14.6 Å². The van der Waals surface area contributed by atoms with E-state index in [0.29, 0.717) is 0 Å². The van der Waals surface area contributed by atoms with Gasteiger partial charge in [0.25, 0.3) is 0 Å². The average Bonchev–Trinajstić information content (AvgIpc) is 2.88. The first-order chi connectivity index (χ1) is 8.66. The third-order valence-electron chi connectivity index (χ3n) is 3.41. The van der Waals surface area contributed by atoms with Crippen LogP contribution in [0.15, 0.2) is 30.3 Å². The van der Waals surface area contributed by atoms with Gasteiger partial charge in [0.1, 0.15) is 18.3 Å². The van der Waals surface area contributed by atoms with Crippen LogP contribution in [0, 0.1) is 0 Å². The Labute approximate surface area is 113 Å². The Morgan fingerprint density at radius 3 is 2.72 bits per heavy atom. The second-order valence-electron chi connectivity index (χ2n) is 4.60. The quantitative estimate of drug-likeness (QED) is 0.665. The predicted octanol–water partition coefficient (Wildman–Crippen LogP) is 1.57. The Morgan fingerprint density at radius 2 is 2.06 bits per heavy atom. The van der Waals surface area contributed by atoms with E-state index in [9.17, 15) is 9.90 Å². The molecule has 0 bridgehead atoms. The van der Waals surface area contributed by atoms with Gasteiger partial charge in [-0.2, -0.15) is 0 Å². The smallest absolute Gasteiger partial charge is 0.309 e. The van der Waals surface area contributed by atoms with Gasteiger partial charge in [-0.15, -0.1) is 0 Å². The minimum atomic E-state index is -0.786. The summed E-state index contributed by atoms with van der Waals surface area (Å²) in [5.41, 5.74) is 1.04. The summed E-state index contributed by atoms with van der Waals surface area (Å²) in [7, 11) is 0. The highest BCUT2D eigenvalue weighted by atomic mass is 79.9. The van der Waals surface area contributed by atoms with Crippen LogP contribution < -0.4 is 0 Å². The fourth-order valence-corrected chi connectivity index (χ4v) is 3.25. The van der Waals surface area contributed by atoms with Gasteiger partial charge in [-0.05, 0) is 5.56 Å². The number of hydrogen-bond donors (Lipinski definition) is 1. The van der Waals surface area contributed by atoms with Crippen LogP contribution in [0.5, 0.6) is 0 Å². The standard InChI is InChI=1S/C13H13BrO4/c14-10(7-4-2-1-3-5-7)13-11(16)12-8(17-13)6-9(15)18-12/h1-5,8,10-13,16H,6H2/t8-,10-,11-,12+,13+/m1/s1. The number of carbonyl (C=O) groups excluding carboxylic acids is 1. The van der Waals surface area contributed by atoms with Crippen LogP contribution in [0.3, 0.4) is 0 Å². The number of esters is 1. The summed E-state index contributed by atoms with van der Waals surface area (Å²) in [6, 6.07) is 9.74. The summed E-state index contributed by atoms with van der Waals surface area (Å²) in [6.45, 7) is 0. The maximum absolute atomic E-state index is 11.1. The van der Waals surface area contributed by atoms with Crippen molar-refractivity contribution in [3.63, 3.8) is 0 Å². The van der Waals surface area contributed by atoms with Gasteiger partial charge in [-0.1, -0.05) is 46.3 Å². The van der Waals surface area contributed by atoms with Crippen molar-refractivity contribution in [1.82, 2.24) is 0 Å². The van der Waals surface area contributed by atoms with E-state index in [2.05, 4.69) is 15.9 Å². The Hall–Kier alpha value is -0.910. The summed E-state index contributed by atoms with van der Waals surface area (Å²) in [5.74, 6) is -0.298. The molecule has 5 heteroatoms. The minimum absolute atomic E-state index is 0.113. The number of aliphatic hydroxyl groups is 1. The van der Waals surface area contributed by atoms with E-state index < -0.39 is 18.3 Å². The Bertz CT molecular complexity index is 450. The molecular weight excluding hydrogens is 300 g/mol. The van der Waals surface area contributed by atoms with Crippen molar-refractivity contribution in [2.75, 3.05) is 0 Å². The van der Waals surface area contributed by atoms with Gasteiger partial charge in [0.15, 0.2) is 6.10 Å². The number of benzene rings is 1. The van der Waals surface area contributed by atoms with Gasteiger partial charge in [0.2, 0.25) is 0 Å². The van der Waals surface area contributed by atoms with Gasteiger partial charge in [-0.25, -0.2) is 0 Å². The second-order valence-corrected chi connectivity index (χ2v) is 5.59. The number of aliphatic hydroxyl groups excluding tert-OH is 1. The highest BCUT2D eigenvalue weighted by Crippen LogP contribution is 2.40. The monoisotopic (exact) mass is 312 g/mol. The van der Waals surface area contributed by atoms with E-state index in [1.54, 1.807) is 0 Å². The molecule has 0 aliphatic carbocycles.